The van der Waals surface area contributed by atoms with Crippen LogP contribution >= 0.6 is 0 Å². The van der Waals surface area contributed by atoms with Crippen LogP contribution in [0.5, 0.6) is 17.2 Å². The van der Waals surface area contributed by atoms with Gasteiger partial charge in [-0.2, -0.15) is 0 Å². The molecule has 0 atom stereocenters. The lowest BCUT2D eigenvalue weighted by atomic mass is 10.1. The lowest BCUT2D eigenvalue weighted by molar-refractivity contribution is 0.174. The monoisotopic (exact) mass is 287 g/mol. The first-order chi connectivity index (χ1) is 10.3. The SMILES string of the molecule is OCCc1ccc(NCc2cc3c(cc2O)OCO3)cc1. The number of rotatable bonds is 5. The molecule has 1 aliphatic heterocycles. The number of nitrogens with one attached hydrogen (secondary N) is 1. The molecule has 21 heavy (non-hydrogen) atoms. The molecule has 0 aliphatic carbocycles. The smallest absolute Gasteiger partial charge is 0.231 e. The molecule has 0 radical (unpaired) electrons. The number of ether oxygens (including phenoxy) is 2. The van der Waals surface area contributed by atoms with Gasteiger partial charge in [0.25, 0.3) is 0 Å². The molecule has 0 saturated heterocycles. The minimum atomic E-state index is 0.151. The lowest BCUT2D eigenvalue weighted by Gasteiger charge is -2.10. The highest BCUT2D eigenvalue weighted by atomic mass is 16.7. The maximum Gasteiger partial charge on any atom is 0.231 e. The van der Waals surface area contributed by atoms with Crippen LogP contribution in [0.25, 0.3) is 0 Å². The molecule has 3 N–H and O–H groups in total. The zero-order chi connectivity index (χ0) is 14.7. The first-order valence-corrected chi connectivity index (χ1v) is 6.81. The predicted octanol–water partition coefficient (Wildman–Crippen LogP) is 2.27. The van der Waals surface area contributed by atoms with Gasteiger partial charge in [0.2, 0.25) is 6.79 Å². The summed E-state index contributed by atoms with van der Waals surface area (Å²) in [5.74, 6) is 1.41. The van der Waals surface area contributed by atoms with Gasteiger partial charge in [0.15, 0.2) is 11.5 Å². The summed E-state index contributed by atoms with van der Waals surface area (Å²) in [7, 11) is 0. The quantitative estimate of drug-likeness (QED) is 0.787. The lowest BCUT2D eigenvalue weighted by Crippen LogP contribution is -2.00. The fourth-order valence-corrected chi connectivity index (χ4v) is 2.23. The Hall–Kier alpha value is -2.40. The van der Waals surface area contributed by atoms with Crippen molar-refractivity contribution in [2.45, 2.75) is 13.0 Å². The topological polar surface area (TPSA) is 71.0 Å². The van der Waals surface area contributed by atoms with Crippen molar-refractivity contribution in [1.82, 2.24) is 0 Å². The number of aliphatic hydroxyl groups excluding tert-OH is 1. The molecule has 2 aromatic rings. The highest BCUT2D eigenvalue weighted by molar-refractivity contribution is 5.53. The number of anilines is 1. The minimum absolute atomic E-state index is 0.151. The second-order valence-electron chi connectivity index (χ2n) is 4.86. The summed E-state index contributed by atoms with van der Waals surface area (Å²) in [6.45, 7) is 0.831. The van der Waals surface area contributed by atoms with Gasteiger partial charge in [0.1, 0.15) is 5.75 Å². The van der Waals surface area contributed by atoms with E-state index in [1.807, 2.05) is 24.3 Å². The van der Waals surface area contributed by atoms with Crippen LogP contribution in [0.1, 0.15) is 11.1 Å². The second-order valence-corrected chi connectivity index (χ2v) is 4.86. The van der Waals surface area contributed by atoms with Gasteiger partial charge in [-0.15, -0.1) is 0 Å². The van der Waals surface area contributed by atoms with Crippen LogP contribution in [0.2, 0.25) is 0 Å². The maximum atomic E-state index is 9.96. The summed E-state index contributed by atoms with van der Waals surface area (Å²) < 4.78 is 10.5. The van der Waals surface area contributed by atoms with E-state index in [1.54, 1.807) is 12.1 Å². The molecule has 3 rings (SSSR count). The molecule has 1 aliphatic rings. The van der Waals surface area contributed by atoms with E-state index in [9.17, 15) is 5.11 Å². The van der Waals surface area contributed by atoms with Crippen LogP contribution in [0.4, 0.5) is 5.69 Å². The van der Waals surface area contributed by atoms with E-state index in [4.69, 9.17) is 14.6 Å². The van der Waals surface area contributed by atoms with Gasteiger partial charge in [-0.1, -0.05) is 12.1 Å². The molecule has 5 nitrogen and oxygen atoms in total. The number of phenols is 1. The van der Waals surface area contributed by atoms with Crippen molar-refractivity contribution in [3.05, 3.63) is 47.5 Å². The molecule has 0 fully saturated rings. The third-order valence-electron chi connectivity index (χ3n) is 3.41. The Morgan fingerprint density at radius 2 is 1.76 bits per heavy atom. The number of phenolic OH excluding ortho intramolecular Hbond substituents is 1. The third kappa shape index (κ3) is 3.03. The average molecular weight is 287 g/mol. The summed E-state index contributed by atoms with van der Waals surface area (Å²) >= 11 is 0. The summed E-state index contributed by atoms with van der Waals surface area (Å²) in [6, 6.07) is 11.2. The minimum Gasteiger partial charge on any atom is -0.507 e. The summed E-state index contributed by atoms with van der Waals surface area (Å²) in [5.41, 5.74) is 2.79. The molecule has 5 heteroatoms. The van der Waals surface area contributed by atoms with Gasteiger partial charge in [0.05, 0.1) is 0 Å². The fraction of sp³-hybridized carbons (Fsp3) is 0.250. The van der Waals surface area contributed by atoms with Crippen molar-refractivity contribution < 1.29 is 19.7 Å². The number of benzene rings is 2. The van der Waals surface area contributed by atoms with E-state index in [2.05, 4.69) is 5.32 Å². The summed E-state index contributed by atoms with van der Waals surface area (Å²) in [4.78, 5) is 0. The molecule has 0 spiro atoms. The van der Waals surface area contributed by atoms with Crippen LogP contribution < -0.4 is 14.8 Å². The molecular formula is C16H17NO4. The van der Waals surface area contributed by atoms with Crippen LogP contribution in [0, 0.1) is 0 Å². The standard InChI is InChI=1S/C16H17NO4/c18-6-5-11-1-3-13(4-2-11)17-9-12-7-15-16(8-14(12)19)21-10-20-15/h1-4,7-8,17-19H,5-6,9-10H2. The molecule has 0 unspecified atom stereocenters. The van der Waals surface area contributed by atoms with Gasteiger partial charge in [0, 0.05) is 30.5 Å². The van der Waals surface area contributed by atoms with Crippen LogP contribution in [-0.4, -0.2) is 23.6 Å². The summed E-state index contributed by atoms with van der Waals surface area (Å²) in [6.07, 6.45) is 0.656. The molecule has 110 valence electrons. The highest BCUT2D eigenvalue weighted by Gasteiger charge is 2.16. The van der Waals surface area contributed by atoms with Gasteiger partial charge in [-0.3, -0.25) is 0 Å². The Kier molecular flexibility index (Phi) is 3.83. The van der Waals surface area contributed by atoms with Gasteiger partial charge >= 0.3 is 0 Å². The third-order valence-corrected chi connectivity index (χ3v) is 3.41. The molecule has 0 saturated carbocycles. The molecule has 1 heterocycles. The predicted molar refractivity (Wildman–Crippen MR) is 78.8 cm³/mol. The van der Waals surface area contributed by atoms with E-state index in [1.165, 1.54) is 0 Å². The van der Waals surface area contributed by atoms with Crippen LogP contribution in [0.15, 0.2) is 36.4 Å². The Balaban J connectivity index is 1.67. The molecule has 0 amide bonds. The van der Waals surface area contributed by atoms with Crippen molar-refractivity contribution in [3.63, 3.8) is 0 Å². The number of aromatic hydroxyl groups is 1. The number of fused-ring (bicyclic) bond motifs is 1. The molecule has 0 bridgehead atoms. The first kappa shape index (κ1) is 13.6. The number of hydrogen-bond acceptors (Lipinski definition) is 5. The van der Waals surface area contributed by atoms with E-state index < -0.39 is 0 Å². The maximum absolute atomic E-state index is 9.96. The van der Waals surface area contributed by atoms with Gasteiger partial charge < -0.3 is 25.0 Å². The largest absolute Gasteiger partial charge is 0.507 e. The Labute approximate surface area is 122 Å². The van der Waals surface area contributed by atoms with Crippen molar-refractivity contribution in [2.24, 2.45) is 0 Å². The average Bonchev–Trinajstić information content (AvgIpc) is 2.93. The molecule has 0 aromatic heterocycles. The van der Waals surface area contributed by atoms with E-state index in [0.717, 1.165) is 16.8 Å². The Morgan fingerprint density at radius 1 is 1.05 bits per heavy atom. The van der Waals surface area contributed by atoms with E-state index in [0.29, 0.717) is 24.5 Å². The Morgan fingerprint density at radius 3 is 2.48 bits per heavy atom. The fourth-order valence-electron chi connectivity index (χ4n) is 2.23. The number of hydrogen-bond donors (Lipinski definition) is 3. The first-order valence-electron chi connectivity index (χ1n) is 6.81. The molecular weight excluding hydrogens is 270 g/mol. The van der Waals surface area contributed by atoms with Crippen molar-refractivity contribution in [1.29, 1.82) is 0 Å². The Bertz CT molecular complexity index is 625. The van der Waals surface area contributed by atoms with Crippen molar-refractivity contribution in [2.75, 3.05) is 18.7 Å². The zero-order valence-corrected chi connectivity index (χ0v) is 11.5. The van der Waals surface area contributed by atoms with Gasteiger partial charge in [-0.05, 0) is 30.2 Å². The van der Waals surface area contributed by atoms with Gasteiger partial charge in [-0.25, -0.2) is 0 Å². The number of aliphatic hydroxyl groups is 1. The normalized spacial score (nSPS) is 12.4. The summed E-state index contributed by atoms with van der Waals surface area (Å²) in [5, 5.41) is 22.1. The van der Waals surface area contributed by atoms with Crippen molar-refractivity contribution >= 4 is 5.69 Å². The zero-order valence-electron chi connectivity index (χ0n) is 11.5. The van der Waals surface area contributed by atoms with Crippen LogP contribution in [-0.2, 0) is 13.0 Å². The molecule has 2 aromatic carbocycles. The van der Waals surface area contributed by atoms with E-state index in [-0.39, 0.29) is 19.1 Å². The van der Waals surface area contributed by atoms with Crippen molar-refractivity contribution in [3.8, 4) is 17.2 Å². The van der Waals surface area contributed by atoms with Crippen LogP contribution in [0.3, 0.4) is 0 Å². The highest BCUT2D eigenvalue weighted by Crippen LogP contribution is 2.37. The van der Waals surface area contributed by atoms with E-state index >= 15 is 0 Å². The second kappa shape index (κ2) is 5.93.